The van der Waals surface area contributed by atoms with E-state index in [1.54, 1.807) is 0 Å². The van der Waals surface area contributed by atoms with Gasteiger partial charge in [-0.3, -0.25) is 0 Å². The third-order valence-electron chi connectivity index (χ3n) is 2.82. The molecular weight excluding hydrogens is 269 g/mol. The van der Waals surface area contributed by atoms with Gasteiger partial charge >= 0.3 is 0 Å². The zero-order chi connectivity index (χ0) is 14.7. The van der Waals surface area contributed by atoms with Gasteiger partial charge in [0.05, 0.1) is 6.10 Å². The number of aliphatic hydroxyl groups is 1. The maximum absolute atomic E-state index is 13.4. The standard InChI is InChI=1S/C15H13F3O2/c1-9(19)13-5-4-12(17)7-15(13)20-8-10-2-3-11(16)6-14(10)18/h2-7,9,19H,8H2,1H3/t9-/m0/s1. The molecule has 0 aliphatic heterocycles. The molecule has 2 rings (SSSR count). The minimum absolute atomic E-state index is 0.128. The van der Waals surface area contributed by atoms with Crippen molar-refractivity contribution in [2.75, 3.05) is 0 Å². The summed E-state index contributed by atoms with van der Waals surface area (Å²) in [4.78, 5) is 0. The van der Waals surface area contributed by atoms with Crippen LogP contribution >= 0.6 is 0 Å². The van der Waals surface area contributed by atoms with Crippen molar-refractivity contribution in [3.8, 4) is 5.75 Å². The van der Waals surface area contributed by atoms with Crippen LogP contribution in [0.25, 0.3) is 0 Å². The molecule has 1 atom stereocenters. The van der Waals surface area contributed by atoms with Gasteiger partial charge in [0, 0.05) is 23.3 Å². The van der Waals surface area contributed by atoms with Crippen LogP contribution in [0.2, 0.25) is 0 Å². The van der Waals surface area contributed by atoms with Gasteiger partial charge in [0.25, 0.3) is 0 Å². The van der Waals surface area contributed by atoms with Crippen LogP contribution in [0.4, 0.5) is 13.2 Å². The van der Waals surface area contributed by atoms with E-state index in [4.69, 9.17) is 4.74 Å². The number of halogens is 3. The molecule has 106 valence electrons. The smallest absolute Gasteiger partial charge is 0.132 e. The summed E-state index contributed by atoms with van der Waals surface area (Å²) in [6.45, 7) is 1.33. The van der Waals surface area contributed by atoms with Gasteiger partial charge in [-0.1, -0.05) is 0 Å². The second kappa shape index (κ2) is 5.96. The monoisotopic (exact) mass is 282 g/mol. The molecule has 0 amide bonds. The first-order valence-electron chi connectivity index (χ1n) is 6.01. The zero-order valence-corrected chi connectivity index (χ0v) is 10.7. The van der Waals surface area contributed by atoms with E-state index < -0.39 is 23.6 Å². The number of benzene rings is 2. The molecule has 0 saturated carbocycles. The number of ether oxygens (including phenoxy) is 1. The molecule has 1 N–H and O–H groups in total. The highest BCUT2D eigenvalue weighted by atomic mass is 19.1. The van der Waals surface area contributed by atoms with Crippen molar-refractivity contribution < 1.29 is 23.0 Å². The Hall–Kier alpha value is -2.01. The molecule has 0 heterocycles. The first-order valence-corrected chi connectivity index (χ1v) is 6.01. The topological polar surface area (TPSA) is 29.5 Å². The first kappa shape index (κ1) is 14.4. The van der Waals surface area contributed by atoms with Crippen molar-refractivity contribution in [2.45, 2.75) is 19.6 Å². The van der Waals surface area contributed by atoms with E-state index in [0.29, 0.717) is 5.56 Å². The fourth-order valence-electron chi connectivity index (χ4n) is 1.77. The second-order valence-electron chi connectivity index (χ2n) is 4.38. The summed E-state index contributed by atoms with van der Waals surface area (Å²) in [5.41, 5.74) is 0.543. The largest absolute Gasteiger partial charge is 0.488 e. The number of rotatable bonds is 4. The lowest BCUT2D eigenvalue weighted by atomic mass is 10.1. The molecule has 20 heavy (non-hydrogen) atoms. The number of aliphatic hydroxyl groups excluding tert-OH is 1. The lowest BCUT2D eigenvalue weighted by Crippen LogP contribution is -2.03. The van der Waals surface area contributed by atoms with Crippen molar-refractivity contribution in [3.63, 3.8) is 0 Å². The quantitative estimate of drug-likeness (QED) is 0.925. The van der Waals surface area contributed by atoms with E-state index in [1.807, 2.05) is 0 Å². The lowest BCUT2D eigenvalue weighted by Gasteiger charge is -2.14. The Morgan fingerprint density at radius 3 is 2.35 bits per heavy atom. The second-order valence-corrected chi connectivity index (χ2v) is 4.38. The summed E-state index contributed by atoms with van der Waals surface area (Å²) < 4.78 is 44.7. The van der Waals surface area contributed by atoms with Crippen LogP contribution in [0.1, 0.15) is 24.2 Å². The Bertz CT molecular complexity index is 612. The van der Waals surface area contributed by atoms with E-state index in [-0.39, 0.29) is 17.9 Å². The van der Waals surface area contributed by atoms with Crippen LogP contribution in [0.15, 0.2) is 36.4 Å². The SMILES string of the molecule is C[C@H](O)c1ccc(F)cc1OCc1ccc(F)cc1F. The normalized spacial score (nSPS) is 12.2. The van der Waals surface area contributed by atoms with Crippen molar-refractivity contribution in [1.82, 2.24) is 0 Å². The van der Waals surface area contributed by atoms with Crippen molar-refractivity contribution >= 4 is 0 Å². The summed E-state index contributed by atoms with van der Waals surface area (Å²) in [5, 5.41) is 9.56. The molecule has 0 spiro atoms. The van der Waals surface area contributed by atoms with Crippen LogP contribution in [0.3, 0.4) is 0 Å². The summed E-state index contributed by atoms with van der Waals surface area (Å²) >= 11 is 0. The zero-order valence-electron chi connectivity index (χ0n) is 10.7. The van der Waals surface area contributed by atoms with E-state index in [2.05, 4.69) is 0 Å². The minimum atomic E-state index is -0.844. The molecule has 0 unspecified atom stereocenters. The van der Waals surface area contributed by atoms with Gasteiger partial charge in [0.15, 0.2) is 0 Å². The average molecular weight is 282 g/mol. The molecule has 2 nitrogen and oxygen atoms in total. The fraction of sp³-hybridized carbons (Fsp3) is 0.200. The molecule has 0 aromatic heterocycles. The molecular formula is C15H13F3O2. The molecule has 2 aromatic carbocycles. The Balaban J connectivity index is 2.20. The van der Waals surface area contributed by atoms with E-state index >= 15 is 0 Å². The molecule has 0 fully saturated rings. The van der Waals surface area contributed by atoms with Gasteiger partial charge in [0.2, 0.25) is 0 Å². The molecule has 5 heteroatoms. The van der Waals surface area contributed by atoms with E-state index in [1.165, 1.54) is 25.1 Å². The van der Waals surface area contributed by atoms with Gasteiger partial charge in [-0.15, -0.1) is 0 Å². The average Bonchev–Trinajstić information content (AvgIpc) is 2.37. The molecule has 0 radical (unpaired) electrons. The van der Waals surface area contributed by atoms with Crippen LogP contribution in [-0.4, -0.2) is 5.11 Å². The van der Waals surface area contributed by atoms with Gasteiger partial charge < -0.3 is 9.84 Å². The van der Waals surface area contributed by atoms with Gasteiger partial charge in [-0.05, 0) is 31.2 Å². The minimum Gasteiger partial charge on any atom is -0.488 e. The maximum Gasteiger partial charge on any atom is 0.132 e. The Morgan fingerprint density at radius 1 is 1.05 bits per heavy atom. The van der Waals surface area contributed by atoms with Crippen molar-refractivity contribution in [2.24, 2.45) is 0 Å². The highest BCUT2D eigenvalue weighted by Crippen LogP contribution is 2.27. The third-order valence-corrected chi connectivity index (χ3v) is 2.82. The summed E-state index contributed by atoms with van der Waals surface area (Å²) in [5.74, 6) is -1.81. The van der Waals surface area contributed by atoms with Crippen LogP contribution in [0, 0.1) is 17.5 Å². The molecule has 0 aliphatic rings. The van der Waals surface area contributed by atoms with E-state index in [0.717, 1.165) is 18.2 Å². The predicted molar refractivity (Wildman–Crippen MR) is 67.7 cm³/mol. The van der Waals surface area contributed by atoms with E-state index in [9.17, 15) is 18.3 Å². The highest BCUT2D eigenvalue weighted by molar-refractivity contribution is 5.35. The Morgan fingerprint density at radius 2 is 1.70 bits per heavy atom. The molecule has 0 bridgehead atoms. The van der Waals surface area contributed by atoms with Gasteiger partial charge in [-0.25, -0.2) is 13.2 Å². The Kier molecular flexibility index (Phi) is 4.29. The maximum atomic E-state index is 13.4. The summed E-state index contributed by atoms with van der Waals surface area (Å²) in [7, 11) is 0. The summed E-state index contributed by atoms with van der Waals surface area (Å²) in [6.07, 6.45) is -0.844. The van der Waals surface area contributed by atoms with Gasteiger partial charge in [-0.2, -0.15) is 0 Å². The molecule has 2 aromatic rings. The predicted octanol–water partition coefficient (Wildman–Crippen LogP) is 3.74. The third kappa shape index (κ3) is 3.30. The number of hydrogen-bond donors (Lipinski definition) is 1. The summed E-state index contributed by atoms with van der Waals surface area (Å²) in [6, 6.07) is 6.84. The van der Waals surface area contributed by atoms with Crippen LogP contribution in [-0.2, 0) is 6.61 Å². The Labute approximate surface area is 114 Å². The van der Waals surface area contributed by atoms with Gasteiger partial charge in [0.1, 0.15) is 29.8 Å². The first-order chi connectivity index (χ1) is 9.47. The van der Waals surface area contributed by atoms with Crippen LogP contribution in [0.5, 0.6) is 5.75 Å². The fourth-order valence-corrected chi connectivity index (χ4v) is 1.77. The molecule has 0 saturated heterocycles. The van der Waals surface area contributed by atoms with Crippen LogP contribution < -0.4 is 4.74 Å². The number of hydrogen-bond acceptors (Lipinski definition) is 2. The van der Waals surface area contributed by atoms with Crippen molar-refractivity contribution in [3.05, 3.63) is 65.0 Å². The highest BCUT2D eigenvalue weighted by Gasteiger charge is 2.12. The lowest BCUT2D eigenvalue weighted by molar-refractivity contribution is 0.189. The molecule has 0 aliphatic carbocycles. The van der Waals surface area contributed by atoms with Crippen molar-refractivity contribution in [1.29, 1.82) is 0 Å².